The van der Waals surface area contributed by atoms with Crippen molar-refractivity contribution in [3.8, 4) is 0 Å². The maximum absolute atomic E-state index is 12.6. The van der Waals surface area contributed by atoms with Gasteiger partial charge in [0.25, 0.3) is 5.56 Å². The molecule has 2 saturated heterocycles. The van der Waals surface area contributed by atoms with E-state index in [2.05, 4.69) is 31.1 Å². The van der Waals surface area contributed by atoms with Crippen molar-refractivity contribution in [2.24, 2.45) is 0 Å². The molecule has 150 valence electrons. The predicted octanol–water partition coefficient (Wildman–Crippen LogP) is 0.537. The predicted molar refractivity (Wildman–Crippen MR) is 109 cm³/mol. The van der Waals surface area contributed by atoms with E-state index in [1.807, 2.05) is 0 Å². The zero-order chi connectivity index (χ0) is 19.9. The van der Waals surface area contributed by atoms with E-state index in [4.69, 9.17) is 0 Å². The lowest BCUT2D eigenvalue weighted by molar-refractivity contribution is -0.122. The second-order valence-corrected chi connectivity index (χ2v) is 10.5. The molecule has 1 aromatic heterocycles. The van der Waals surface area contributed by atoms with Crippen LogP contribution < -0.4 is 10.9 Å². The Hall–Kier alpha value is -1.78. The summed E-state index contributed by atoms with van der Waals surface area (Å²) in [5.41, 5.74) is 0.248. The lowest BCUT2D eigenvalue weighted by atomic mass is 10.1. The molecular weight excluding hydrogens is 448 g/mol. The lowest BCUT2D eigenvalue weighted by Crippen LogP contribution is -2.51. The van der Waals surface area contributed by atoms with E-state index in [1.165, 1.54) is 10.9 Å². The smallest absolute Gasteiger partial charge is 0.261 e. The molecule has 0 bridgehead atoms. The summed E-state index contributed by atoms with van der Waals surface area (Å²) < 4.78 is 26.3. The number of halogens is 1. The van der Waals surface area contributed by atoms with E-state index in [0.29, 0.717) is 10.9 Å². The van der Waals surface area contributed by atoms with Crippen LogP contribution in [0.2, 0.25) is 0 Å². The topological polar surface area (TPSA) is 101 Å². The Morgan fingerprint density at radius 3 is 2.75 bits per heavy atom. The van der Waals surface area contributed by atoms with Crippen LogP contribution >= 0.6 is 15.9 Å². The first-order chi connectivity index (χ1) is 13.3. The molecular formula is C18H21BrN4O4S. The summed E-state index contributed by atoms with van der Waals surface area (Å²) >= 11 is 3.33. The Morgan fingerprint density at radius 1 is 1.25 bits per heavy atom. The minimum absolute atomic E-state index is 0.0578. The van der Waals surface area contributed by atoms with Crippen molar-refractivity contribution in [3.05, 3.63) is 39.4 Å². The van der Waals surface area contributed by atoms with Crippen molar-refractivity contribution in [3.63, 3.8) is 0 Å². The highest BCUT2D eigenvalue weighted by atomic mass is 79.9. The molecule has 1 amide bonds. The van der Waals surface area contributed by atoms with Gasteiger partial charge in [0.2, 0.25) is 5.91 Å². The molecule has 1 N–H and O–H groups in total. The fraction of sp³-hybridized carbons (Fsp3) is 0.500. The van der Waals surface area contributed by atoms with Gasteiger partial charge in [-0.3, -0.25) is 19.1 Å². The van der Waals surface area contributed by atoms with Gasteiger partial charge in [0.1, 0.15) is 6.54 Å². The van der Waals surface area contributed by atoms with E-state index in [-0.39, 0.29) is 35.6 Å². The zero-order valence-electron chi connectivity index (χ0n) is 15.2. The number of benzene rings is 1. The molecule has 2 fully saturated rings. The van der Waals surface area contributed by atoms with Gasteiger partial charge in [0, 0.05) is 10.5 Å². The average molecular weight is 469 g/mol. The van der Waals surface area contributed by atoms with Crippen molar-refractivity contribution < 1.29 is 13.2 Å². The van der Waals surface area contributed by atoms with Crippen LogP contribution in [-0.2, 0) is 21.2 Å². The molecule has 0 saturated carbocycles. The van der Waals surface area contributed by atoms with Crippen LogP contribution in [0.5, 0.6) is 0 Å². The molecule has 2 atom stereocenters. The molecule has 2 aliphatic heterocycles. The molecule has 10 heteroatoms. The van der Waals surface area contributed by atoms with Crippen LogP contribution in [0.15, 0.2) is 33.8 Å². The zero-order valence-corrected chi connectivity index (χ0v) is 17.6. The maximum Gasteiger partial charge on any atom is 0.261 e. The fourth-order valence-corrected chi connectivity index (χ4v) is 6.36. The molecule has 2 aromatic rings. The van der Waals surface area contributed by atoms with Crippen LogP contribution in [0.25, 0.3) is 10.9 Å². The van der Waals surface area contributed by atoms with E-state index in [0.717, 1.165) is 30.4 Å². The highest BCUT2D eigenvalue weighted by Gasteiger charge is 2.42. The van der Waals surface area contributed by atoms with Crippen LogP contribution in [0.3, 0.4) is 0 Å². The number of nitrogens with one attached hydrogen (secondary N) is 1. The van der Waals surface area contributed by atoms with Gasteiger partial charge in [-0.15, -0.1) is 0 Å². The van der Waals surface area contributed by atoms with E-state index < -0.39 is 15.9 Å². The monoisotopic (exact) mass is 468 g/mol. The van der Waals surface area contributed by atoms with Crippen molar-refractivity contribution >= 4 is 42.6 Å². The molecule has 3 heterocycles. The number of aromatic nitrogens is 2. The maximum atomic E-state index is 12.6. The fourth-order valence-electron chi connectivity index (χ4n) is 4.05. The molecule has 8 nitrogen and oxygen atoms in total. The van der Waals surface area contributed by atoms with Gasteiger partial charge in [-0.2, -0.15) is 0 Å². The molecule has 0 spiro atoms. The average Bonchev–Trinajstić information content (AvgIpc) is 3.25. The summed E-state index contributed by atoms with van der Waals surface area (Å²) in [6.07, 6.45) is 3.44. The molecule has 28 heavy (non-hydrogen) atoms. The van der Waals surface area contributed by atoms with Crippen molar-refractivity contribution in [2.45, 2.75) is 31.5 Å². The number of hydrogen-bond acceptors (Lipinski definition) is 6. The third kappa shape index (κ3) is 3.99. The quantitative estimate of drug-likeness (QED) is 0.702. The normalized spacial score (nSPS) is 24.6. The van der Waals surface area contributed by atoms with E-state index in [1.54, 1.807) is 18.2 Å². The van der Waals surface area contributed by atoms with Gasteiger partial charge in [-0.05, 0) is 44.1 Å². The first-order valence-corrected chi connectivity index (χ1v) is 11.8. The summed E-state index contributed by atoms with van der Waals surface area (Å²) in [6.45, 7) is 1.52. The number of rotatable bonds is 4. The highest BCUT2D eigenvalue weighted by molar-refractivity contribution is 9.10. The largest absolute Gasteiger partial charge is 0.349 e. The summed E-state index contributed by atoms with van der Waals surface area (Å²) in [5, 5.41) is 3.26. The van der Waals surface area contributed by atoms with Gasteiger partial charge in [-0.25, -0.2) is 13.4 Å². The first kappa shape index (κ1) is 19.5. The van der Waals surface area contributed by atoms with Gasteiger partial charge < -0.3 is 5.32 Å². The highest BCUT2D eigenvalue weighted by Crippen LogP contribution is 2.22. The van der Waals surface area contributed by atoms with Crippen LogP contribution in [0.1, 0.15) is 12.8 Å². The molecule has 1 aromatic carbocycles. The van der Waals surface area contributed by atoms with Crippen LogP contribution in [-0.4, -0.2) is 65.5 Å². The second kappa shape index (κ2) is 7.57. The van der Waals surface area contributed by atoms with Gasteiger partial charge in [-0.1, -0.05) is 15.9 Å². The summed E-state index contributed by atoms with van der Waals surface area (Å²) in [6, 6.07) is 4.55. The van der Waals surface area contributed by atoms with Gasteiger partial charge in [0.15, 0.2) is 9.84 Å². The summed E-state index contributed by atoms with van der Waals surface area (Å²) in [4.78, 5) is 31.6. The lowest BCUT2D eigenvalue weighted by Gasteiger charge is -2.28. The Bertz CT molecular complexity index is 1080. The third-order valence-corrected chi connectivity index (χ3v) is 7.59. The number of amides is 1. The minimum Gasteiger partial charge on any atom is -0.349 e. The Balaban J connectivity index is 1.51. The summed E-state index contributed by atoms with van der Waals surface area (Å²) in [5.74, 6) is -0.370. The molecule has 2 aliphatic rings. The Kier molecular flexibility index (Phi) is 5.28. The molecule has 0 radical (unpaired) electrons. The number of hydrogen-bond donors (Lipinski definition) is 1. The number of fused-ring (bicyclic) bond motifs is 1. The first-order valence-electron chi connectivity index (χ1n) is 9.21. The van der Waals surface area contributed by atoms with Crippen molar-refractivity contribution in [2.75, 3.05) is 24.6 Å². The van der Waals surface area contributed by atoms with E-state index in [9.17, 15) is 18.0 Å². The Morgan fingerprint density at radius 2 is 2.00 bits per heavy atom. The standard InChI is InChI=1S/C18H21BrN4O4S/c19-12-3-4-14-13(7-12)18(25)23(11-20-14)8-17(24)21-15-9-28(26,27)10-16(15)22-5-1-2-6-22/h3-4,7,11,15-16H,1-2,5-6,8-10H2,(H,21,24). The SMILES string of the molecule is O=C(Cn1cnc2ccc(Br)cc2c1=O)NC1CS(=O)(=O)CC1N1CCCC1. The number of sulfone groups is 1. The van der Waals surface area contributed by atoms with Crippen molar-refractivity contribution in [1.82, 2.24) is 19.8 Å². The summed E-state index contributed by atoms with van der Waals surface area (Å²) in [7, 11) is -3.18. The van der Waals surface area contributed by atoms with E-state index >= 15 is 0 Å². The van der Waals surface area contributed by atoms with Crippen LogP contribution in [0, 0.1) is 0 Å². The van der Waals surface area contributed by atoms with Gasteiger partial charge >= 0.3 is 0 Å². The second-order valence-electron chi connectivity index (χ2n) is 7.40. The minimum atomic E-state index is -3.18. The van der Waals surface area contributed by atoms with Gasteiger partial charge in [0.05, 0.1) is 34.8 Å². The number of carbonyl (C=O) groups is 1. The molecule has 2 unspecified atom stereocenters. The third-order valence-electron chi connectivity index (χ3n) is 5.38. The molecule has 4 rings (SSSR count). The van der Waals surface area contributed by atoms with Crippen LogP contribution in [0.4, 0.5) is 0 Å². The number of carbonyl (C=O) groups excluding carboxylic acids is 1. The molecule has 0 aliphatic carbocycles. The van der Waals surface area contributed by atoms with Crippen molar-refractivity contribution in [1.29, 1.82) is 0 Å². The number of likely N-dealkylation sites (tertiary alicyclic amines) is 1. The Labute approximate surface area is 171 Å². The number of nitrogens with zero attached hydrogens (tertiary/aromatic N) is 3.